The van der Waals surface area contributed by atoms with Crippen LogP contribution in [-0.2, 0) is 13.0 Å². The average molecular weight is 246 g/mol. The molecule has 1 aromatic rings. The summed E-state index contributed by atoms with van der Waals surface area (Å²) >= 11 is 3.47. The Morgan fingerprint density at radius 2 is 2.46 bits per heavy atom. The molecule has 0 bridgehead atoms. The topological polar surface area (TPSA) is 53.1 Å². The maximum atomic E-state index is 5.49. The molecule has 0 aliphatic carbocycles. The SMILES string of the molecule is NCCc1nn2c(c1Br)OCCC2. The summed E-state index contributed by atoms with van der Waals surface area (Å²) in [4.78, 5) is 0. The highest BCUT2D eigenvalue weighted by Gasteiger charge is 2.19. The van der Waals surface area contributed by atoms with E-state index in [1.54, 1.807) is 0 Å². The van der Waals surface area contributed by atoms with E-state index in [0.29, 0.717) is 6.54 Å². The highest BCUT2D eigenvalue weighted by molar-refractivity contribution is 9.10. The van der Waals surface area contributed by atoms with E-state index in [4.69, 9.17) is 10.5 Å². The van der Waals surface area contributed by atoms with Crippen molar-refractivity contribution in [3.8, 4) is 5.88 Å². The van der Waals surface area contributed by atoms with Gasteiger partial charge in [-0.15, -0.1) is 0 Å². The van der Waals surface area contributed by atoms with Crippen molar-refractivity contribution in [1.82, 2.24) is 9.78 Å². The summed E-state index contributed by atoms with van der Waals surface area (Å²) < 4.78 is 8.37. The quantitative estimate of drug-likeness (QED) is 0.844. The van der Waals surface area contributed by atoms with Crippen molar-refractivity contribution in [2.24, 2.45) is 5.73 Å². The number of fused-ring (bicyclic) bond motifs is 1. The maximum absolute atomic E-state index is 5.49. The van der Waals surface area contributed by atoms with Gasteiger partial charge in [-0.2, -0.15) is 5.10 Å². The molecule has 0 radical (unpaired) electrons. The van der Waals surface area contributed by atoms with Crippen molar-refractivity contribution < 1.29 is 4.74 Å². The molecule has 2 heterocycles. The van der Waals surface area contributed by atoms with Crippen LogP contribution in [0.25, 0.3) is 0 Å². The molecule has 0 aromatic carbocycles. The van der Waals surface area contributed by atoms with E-state index < -0.39 is 0 Å². The number of ether oxygens (including phenoxy) is 1. The van der Waals surface area contributed by atoms with E-state index in [0.717, 1.165) is 42.0 Å². The lowest BCUT2D eigenvalue weighted by Crippen LogP contribution is -2.14. The first-order valence-corrected chi connectivity index (χ1v) is 5.20. The van der Waals surface area contributed by atoms with Gasteiger partial charge in [0.2, 0.25) is 5.88 Å². The standard InChI is InChI=1S/C8H12BrN3O/c9-7-6(2-3-10)11-12-4-1-5-13-8(7)12/h1-5,10H2. The summed E-state index contributed by atoms with van der Waals surface area (Å²) in [6, 6.07) is 0. The third-order valence-corrected chi connectivity index (χ3v) is 2.85. The van der Waals surface area contributed by atoms with Gasteiger partial charge in [0.1, 0.15) is 4.47 Å². The highest BCUT2D eigenvalue weighted by Crippen LogP contribution is 2.31. The Bertz CT molecular complexity index is 311. The lowest BCUT2D eigenvalue weighted by Gasteiger charge is -2.14. The first-order valence-electron chi connectivity index (χ1n) is 4.41. The smallest absolute Gasteiger partial charge is 0.226 e. The van der Waals surface area contributed by atoms with Crippen LogP contribution in [0.1, 0.15) is 12.1 Å². The Morgan fingerprint density at radius 1 is 1.62 bits per heavy atom. The van der Waals surface area contributed by atoms with Crippen molar-refractivity contribution in [1.29, 1.82) is 0 Å². The second kappa shape index (κ2) is 3.67. The predicted octanol–water partition coefficient (Wildman–Crippen LogP) is 0.929. The molecule has 0 atom stereocenters. The zero-order valence-electron chi connectivity index (χ0n) is 7.29. The van der Waals surface area contributed by atoms with Crippen LogP contribution in [-0.4, -0.2) is 22.9 Å². The maximum Gasteiger partial charge on any atom is 0.226 e. The molecule has 0 amide bonds. The summed E-state index contributed by atoms with van der Waals surface area (Å²) in [7, 11) is 0. The molecule has 1 aliphatic heterocycles. The lowest BCUT2D eigenvalue weighted by atomic mass is 10.3. The molecule has 0 saturated carbocycles. The average Bonchev–Trinajstić information content (AvgIpc) is 2.46. The zero-order chi connectivity index (χ0) is 9.26. The molecule has 0 saturated heterocycles. The minimum atomic E-state index is 0.620. The van der Waals surface area contributed by atoms with E-state index in [1.165, 1.54) is 0 Å². The second-order valence-electron chi connectivity index (χ2n) is 3.03. The van der Waals surface area contributed by atoms with E-state index in [1.807, 2.05) is 4.68 Å². The van der Waals surface area contributed by atoms with Crippen LogP contribution in [0.15, 0.2) is 4.47 Å². The van der Waals surface area contributed by atoms with Gasteiger partial charge < -0.3 is 10.5 Å². The monoisotopic (exact) mass is 245 g/mol. The molecule has 13 heavy (non-hydrogen) atoms. The van der Waals surface area contributed by atoms with Gasteiger partial charge in [0, 0.05) is 19.4 Å². The third-order valence-electron chi connectivity index (χ3n) is 2.05. The molecule has 0 unspecified atom stereocenters. The van der Waals surface area contributed by atoms with Crippen LogP contribution in [0.3, 0.4) is 0 Å². The van der Waals surface area contributed by atoms with E-state index in [9.17, 15) is 0 Å². The summed E-state index contributed by atoms with van der Waals surface area (Å²) in [5, 5.41) is 4.40. The summed E-state index contributed by atoms with van der Waals surface area (Å²) in [6.07, 6.45) is 1.83. The molecule has 0 spiro atoms. The third kappa shape index (κ3) is 1.58. The Labute approximate surface area is 85.2 Å². The molecular formula is C8H12BrN3O. The van der Waals surface area contributed by atoms with Crippen LogP contribution in [0, 0.1) is 0 Å². The highest BCUT2D eigenvalue weighted by atomic mass is 79.9. The van der Waals surface area contributed by atoms with Gasteiger partial charge in [0.05, 0.1) is 12.3 Å². The molecule has 0 fully saturated rings. The summed E-state index contributed by atoms with van der Waals surface area (Å²) in [5.41, 5.74) is 6.48. The fourth-order valence-corrected chi connectivity index (χ4v) is 2.04. The largest absolute Gasteiger partial charge is 0.477 e. The van der Waals surface area contributed by atoms with Gasteiger partial charge in [-0.3, -0.25) is 0 Å². The zero-order valence-corrected chi connectivity index (χ0v) is 8.88. The number of hydrogen-bond donors (Lipinski definition) is 1. The lowest BCUT2D eigenvalue weighted by molar-refractivity contribution is 0.229. The number of rotatable bonds is 2. The van der Waals surface area contributed by atoms with E-state index >= 15 is 0 Å². The van der Waals surface area contributed by atoms with Gasteiger partial charge in [0.15, 0.2) is 0 Å². The second-order valence-corrected chi connectivity index (χ2v) is 3.82. The van der Waals surface area contributed by atoms with Crippen LogP contribution in [0.5, 0.6) is 5.88 Å². The molecule has 72 valence electrons. The molecule has 5 heteroatoms. The molecule has 2 N–H and O–H groups in total. The van der Waals surface area contributed by atoms with Crippen molar-refractivity contribution in [3.05, 3.63) is 10.2 Å². The van der Waals surface area contributed by atoms with Crippen LogP contribution in [0.2, 0.25) is 0 Å². The first kappa shape index (κ1) is 9.02. The van der Waals surface area contributed by atoms with Crippen LogP contribution in [0.4, 0.5) is 0 Å². The van der Waals surface area contributed by atoms with Gasteiger partial charge in [0.25, 0.3) is 0 Å². The Balaban J connectivity index is 2.33. The predicted molar refractivity (Wildman–Crippen MR) is 52.8 cm³/mol. The number of halogens is 1. The first-order chi connectivity index (χ1) is 6.33. The number of aromatic nitrogens is 2. The number of aryl methyl sites for hydroxylation is 1. The van der Waals surface area contributed by atoms with Crippen LogP contribution < -0.4 is 10.5 Å². The van der Waals surface area contributed by atoms with E-state index in [2.05, 4.69) is 21.0 Å². The summed E-state index contributed by atoms with van der Waals surface area (Å²) in [5.74, 6) is 0.856. The van der Waals surface area contributed by atoms with Crippen LogP contribution >= 0.6 is 15.9 Å². The van der Waals surface area contributed by atoms with Crippen molar-refractivity contribution in [2.45, 2.75) is 19.4 Å². The fraction of sp³-hybridized carbons (Fsp3) is 0.625. The number of hydrogen-bond acceptors (Lipinski definition) is 3. The normalized spacial score (nSPS) is 15.2. The van der Waals surface area contributed by atoms with Crippen molar-refractivity contribution in [2.75, 3.05) is 13.2 Å². The molecule has 4 nitrogen and oxygen atoms in total. The van der Waals surface area contributed by atoms with Gasteiger partial charge in [-0.25, -0.2) is 4.68 Å². The number of nitrogens with two attached hydrogens (primary N) is 1. The van der Waals surface area contributed by atoms with Crippen molar-refractivity contribution >= 4 is 15.9 Å². The van der Waals surface area contributed by atoms with Crippen molar-refractivity contribution in [3.63, 3.8) is 0 Å². The Kier molecular flexibility index (Phi) is 2.55. The van der Waals surface area contributed by atoms with Gasteiger partial charge in [-0.05, 0) is 22.5 Å². The Morgan fingerprint density at radius 3 is 3.15 bits per heavy atom. The summed E-state index contributed by atoms with van der Waals surface area (Å²) in [6.45, 7) is 2.35. The molecule has 2 rings (SSSR count). The van der Waals surface area contributed by atoms with Gasteiger partial charge >= 0.3 is 0 Å². The minimum absolute atomic E-state index is 0.620. The minimum Gasteiger partial charge on any atom is -0.477 e. The molecule has 1 aliphatic rings. The molecule has 1 aromatic heterocycles. The fourth-order valence-electron chi connectivity index (χ4n) is 1.44. The Hall–Kier alpha value is -0.550. The number of nitrogens with zero attached hydrogens (tertiary/aromatic N) is 2. The van der Waals surface area contributed by atoms with E-state index in [-0.39, 0.29) is 0 Å². The van der Waals surface area contributed by atoms with Gasteiger partial charge in [-0.1, -0.05) is 0 Å². The molecular weight excluding hydrogens is 234 g/mol.